The van der Waals surface area contributed by atoms with E-state index in [1.165, 1.54) is 19.2 Å². The molecule has 3 rings (SSSR count). The van der Waals surface area contributed by atoms with Crippen molar-refractivity contribution in [3.8, 4) is 17.5 Å². The van der Waals surface area contributed by atoms with E-state index in [2.05, 4.69) is 14.5 Å². The van der Waals surface area contributed by atoms with Gasteiger partial charge in [-0.15, -0.1) is 0 Å². The fourth-order valence-electron chi connectivity index (χ4n) is 3.57. The second-order valence-corrected chi connectivity index (χ2v) is 10.1. The van der Waals surface area contributed by atoms with E-state index in [0.29, 0.717) is 11.3 Å². The summed E-state index contributed by atoms with van der Waals surface area (Å²) in [5, 5.41) is 12.0. The van der Waals surface area contributed by atoms with Crippen molar-refractivity contribution in [2.24, 2.45) is 0 Å². The molecule has 2 aromatic carbocycles. The first-order chi connectivity index (χ1) is 18.8. The van der Waals surface area contributed by atoms with Gasteiger partial charge in [0.15, 0.2) is 0 Å². The van der Waals surface area contributed by atoms with Gasteiger partial charge in [-0.05, 0) is 54.8 Å². The number of allylic oxidation sites excluding steroid dienone is 1. The second kappa shape index (κ2) is 12.8. The summed E-state index contributed by atoms with van der Waals surface area (Å²) in [5.74, 6) is -0.838. The number of halogens is 4. The minimum absolute atomic E-state index is 0.0367. The van der Waals surface area contributed by atoms with Crippen LogP contribution in [0.2, 0.25) is 0 Å². The highest BCUT2D eigenvalue weighted by molar-refractivity contribution is 7.87. The monoisotopic (exact) mass is 580 g/mol. The van der Waals surface area contributed by atoms with Crippen molar-refractivity contribution in [3.05, 3.63) is 83.2 Å². The average molecular weight is 581 g/mol. The summed E-state index contributed by atoms with van der Waals surface area (Å²) in [4.78, 5) is 16.8. The Bertz CT molecular complexity index is 1530. The van der Waals surface area contributed by atoms with Gasteiger partial charge in [-0.3, -0.25) is 8.98 Å². The van der Waals surface area contributed by atoms with Gasteiger partial charge in [-0.1, -0.05) is 18.2 Å². The van der Waals surface area contributed by atoms with Gasteiger partial charge in [-0.25, -0.2) is 9.37 Å². The van der Waals surface area contributed by atoms with Gasteiger partial charge in [0, 0.05) is 18.2 Å². The molecule has 1 N–H and O–H groups in total. The lowest BCUT2D eigenvalue weighted by Crippen LogP contribution is -2.34. The lowest BCUT2D eigenvalue weighted by molar-refractivity contribution is -0.122. The second-order valence-electron chi connectivity index (χ2n) is 8.49. The molecule has 0 radical (unpaired) electrons. The van der Waals surface area contributed by atoms with E-state index in [-0.39, 0.29) is 24.0 Å². The number of benzene rings is 2. The lowest BCUT2D eigenvalue weighted by atomic mass is 10.0. The Morgan fingerprint density at radius 3 is 2.48 bits per heavy atom. The molecule has 0 aliphatic rings. The number of methoxy groups -OCH3 is 1. The summed E-state index contributed by atoms with van der Waals surface area (Å²) in [6, 6.07) is 10.2. The van der Waals surface area contributed by atoms with Gasteiger partial charge in [-0.2, -0.15) is 26.9 Å². The van der Waals surface area contributed by atoms with Gasteiger partial charge in [0.2, 0.25) is 5.91 Å². The smallest absolute Gasteiger partial charge is 0.495 e. The highest BCUT2D eigenvalue weighted by Gasteiger charge is 2.47. The molecule has 1 heterocycles. The van der Waals surface area contributed by atoms with Crippen LogP contribution in [0.25, 0.3) is 11.8 Å². The Morgan fingerprint density at radius 2 is 1.90 bits per heavy atom. The Hall–Kier alpha value is -4.22. The van der Waals surface area contributed by atoms with E-state index < -0.39 is 40.0 Å². The Balaban J connectivity index is 1.71. The molecule has 0 saturated heterocycles. The zero-order valence-electron chi connectivity index (χ0n) is 21.3. The molecule has 14 heteroatoms. The van der Waals surface area contributed by atoms with Crippen LogP contribution < -0.4 is 10.1 Å². The summed E-state index contributed by atoms with van der Waals surface area (Å²) in [6.45, 7) is 0.761. The number of aryl methyl sites for hydroxylation is 1. The number of aromatic nitrogens is 2. The molecule has 0 aliphatic heterocycles. The zero-order valence-corrected chi connectivity index (χ0v) is 22.1. The Kier molecular flexibility index (Phi) is 9.67. The summed E-state index contributed by atoms with van der Waals surface area (Å²) >= 11 is 0. The van der Waals surface area contributed by atoms with E-state index in [9.17, 15) is 36.0 Å². The van der Waals surface area contributed by atoms with E-state index >= 15 is 0 Å². The zero-order chi connectivity index (χ0) is 29.5. The van der Waals surface area contributed by atoms with Gasteiger partial charge in [0.1, 0.15) is 11.6 Å². The quantitative estimate of drug-likeness (QED) is 0.150. The van der Waals surface area contributed by atoms with E-state index in [4.69, 9.17) is 4.74 Å². The summed E-state index contributed by atoms with van der Waals surface area (Å²) in [6.07, 6.45) is 4.70. The normalized spacial score (nSPS) is 13.0. The van der Waals surface area contributed by atoms with Crippen molar-refractivity contribution >= 4 is 22.1 Å². The molecule has 212 valence electrons. The Labute approximate surface area is 227 Å². The first-order valence-electron chi connectivity index (χ1n) is 11.6. The van der Waals surface area contributed by atoms with Crippen LogP contribution in [0, 0.1) is 24.1 Å². The molecule has 40 heavy (non-hydrogen) atoms. The molecular formula is C26H24F4N4O5S. The Morgan fingerprint density at radius 1 is 1.20 bits per heavy atom. The maximum atomic E-state index is 13.3. The number of hydrogen-bond donors (Lipinski definition) is 1. The van der Waals surface area contributed by atoms with Crippen molar-refractivity contribution in [2.45, 2.75) is 31.3 Å². The van der Waals surface area contributed by atoms with Crippen LogP contribution in [0.1, 0.15) is 35.7 Å². The molecule has 1 amide bonds. The molecule has 1 unspecified atom stereocenters. The number of alkyl halides is 3. The summed E-state index contributed by atoms with van der Waals surface area (Å²) in [5.41, 5.74) is -3.17. The predicted molar refractivity (Wildman–Crippen MR) is 136 cm³/mol. The van der Waals surface area contributed by atoms with Crippen molar-refractivity contribution in [3.63, 3.8) is 0 Å². The third-order valence-electron chi connectivity index (χ3n) is 5.58. The number of rotatable bonds is 11. The third kappa shape index (κ3) is 7.90. The molecule has 9 nitrogen and oxygen atoms in total. The fourth-order valence-corrected chi connectivity index (χ4v) is 4.02. The van der Waals surface area contributed by atoms with Crippen LogP contribution in [-0.2, 0) is 19.1 Å². The van der Waals surface area contributed by atoms with E-state index in [0.717, 1.165) is 23.5 Å². The van der Waals surface area contributed by atoms with Crippen LogP contribution in [0.15, 0.2) is 60.6 Å². The number of imidazole rings is 1. The molecule has 0 fully saturated rings. The topological polar surface area (TPSA) is 123 Å². The van der Waals surface area contributed by atoms with Gasteiger partial charge < -0.3 is 14.6 Å². The van der Waals surface area contributed by atoms with Crippen LogP contribution in [0.4, 0.5) is 17.6 Å². The highest BCUT2D eigenvalue weighted by Crippen LogP contribution is 2.27. The first kappa shape index (κ1) is 30.3. The van der Waals surface area contributed by atoms with Crippen LogP contribution in [0.5, 0.6) is 5.75 Å². The number of nitrogens with one attached hydrogen (secondary N) is 1. The minimum Gasteiger partial charge on any atom is -0.495 e. The van der Waals surface area contributed by atoms with E-state index in [1.807, 2.05) is 19.2 Å². The number of amides is 1. The number of ether oxygens (including phenoxy) is 1. The molecular weight excluding hydrogens is 556 g/mol. The minimum atomic E-state index is -5.93. The van der Waals surface area contributed by atoms with Crippen LogP contribution in [-0.4, -0.2) is 43.1 Å². The molecule has 0 spiro atoms. The van der Waals surface area contributed by atoms with Crippen molar-refractivity contribution in [1.82, 2.24) is 14.9 Å². The molecule has 1 aromatic heterocycles. The van der Waals surface area contributed by atoms with Crippen LogP contribution in [0.3, 0.4) is 0 Å². The molecule has 0 bridgehead atoms. The number of nitrogens with zero attached hydrogens (tertiary/aromatic N) is 3. The number of carbonyl (C=O) groups is 1. The van der Waals surface area contributed by atoms with Crippen molar-refractivity contribution in [1.29, 1.82) is 5.26 Å². The van der Waals surface area contributed by atoms with Crippen molar-refractivity contribution in [2.75, 3.05) is 13.7 Å². The fraction of sp³-hybridized carbons (Fsp3) is 0.269. The molecule has 1 atom stereocenters. The molecule has 0 saturated carbocycles. The summed E-state index contributed by atoms with van der Waals surface area (Å²) in [7, 11) is -4.43. The standard InChI is InChI=1S/C26H24F4N4O5S/c1-17-14-34(16-32-17)23-9-3-18(12-24(23)38-2)11-19(13-31)4-10-25(35)33-22(20-5-7-21(27)8-6-20)15-39-40(36,37)26(28,29)30/h3,5-9,11-12,14,16,22H,4,10,15H2,1-2H3,(H,33,35). The molecule has 0 aliphatic carbocycles. The van der Waals surface area contributed by atoms with Gasteiger partial charge >= 0.3 is 15.6 Å². The summed E-state index contributed by atoms with van der Waals surface area (Å²) < 4.78 is 85.4. The largest absolute Gasteiger partial charge is 0.523 e. The number of nitriles is 1. The maximum Gasteiger partial charge on any atom is 0.523 e. The number of hydrogen-bond acceptors (Lipinski definition) is 7. The van der Waals surface area contributed by atoms with Gasteiger partial charge in [0.25, 0.3) is 0 Å². The third-order valence-corrected chi connectivity index (χ3v) is 6.59. The van der Waals surface area contributed by atoms with E-state index in [1.54, 1.807) is 35.2 Å². The number of carbonyl (C=O) groups excluding carboxylic acids is 1. The average Bonchev–Trinajstić information content (AvgIpc) is 3.34. The lowest BCUT2D eigenvalue weighted by Gasteiger charge is -2.19. The van der Waals surface area contributed by atoms with Gasteiger partial charge in [0.05, 0.1) is 43.5 Å². The highest BCUT2D eigenvalue weighted by atomic mass is 32.2. The molecule has 3 aromatic rings. The van der Waals surface area contributed by atoms with Crippen LogP contribution >= 0.6 is 0 Å². The predicted octanol–water partition coefficient (Wildman–Crippen LogP) is 4.74. The maximum absolute atomic E-state index is 13.3. The van der Waals surface area contributed by atoms with Crippen molar-refractivity contribution < 1.29 is 39.7 Å². The SMILES string of the molecule is COc1cc(C=C(C#N)CCC(=O)NC(COS(=O)(=O)C(F)(F)F)c2ccc(F)cc2)ccc1-n1cnc(C)c1. The first-order valence-corrected chi connectivity index (χ1v) is 13.0.